The first kappa shape index (κ1) is 29.9. The van der Waals surface area contributed by atoms with E-state index in [0.29, 0.717) is 6.42 Å². The second-order valence-corrected chi connectivity index (χ2v) is 10.9. The Bertz CT molecular complexity index is 1180. The van der Waals surface area contributed by atoms with Crippen molar-refractivity contribution in [2.75, 3.05) is 7.11 Å². The zero-order valence-corrected chi connectivity index (χ0v) is 23.1. The van der Waals surface area contributed by atoms with E-state index in [4.69, 9.17) is 23.0 Å². The van der Waals surface area contributed by atoms with Gasteiger partial charge in [-0.15, -0.1) is 0 Å². The molecule has 0 saturated carbocycles. The average molecular weight is 563 g/mol. The second kappa shape index (κ2) is 12.6. The van der Waals surface area contributed by atoms with Crippen molar-refractivity contribution in [3.63, 3.8) is 0 Å². The van der Waals surface area contributed by atoms with Crippen molar-refractivity contribution in [2.24, 2.45) is 5.92 Å². The van der Waals surface area contributed by atoms with Crippen molar-refractivity contribution in [3.05, 3.63) is 84.2 Å². The predicted molar refractivity (Wildman–Crippen MR) is 141 cm³/mol. The van der Waals surface area contributed by atoms with Crippen LogP contribution in [-0.4, -0.2) is 37.1 Å². The molecule has 0 aliphatic carbocycles. The fourth-order valence-electron chi connectivity index (χ4n) is 5.47. The van der Waals surface area contributed by atoms with Crippen LogP contribution in [0.2, 0.25) is 0 Å². The van der Waals surface area contributed by atoms with Crippen molar-refractivity contribution >= 4 is 5.97 Å². The Morgan fingerprint density at radius 3 is 2.25 bits per heavy atom. The van der Waals surface area contributed by atoms with E-state index >= 15 is 0 Å². The first-order valence-corrected chi connectivity index (χ1v) is 13.7. The van der Waals surface area contributed by atoms with Gasteiger partial charge in [-0.05, 0) is 68.2 Å². The third-order valence-electron chi connectivity index (χ3n) is 7.80. The third kappa shape index (κ3) is 6.99. The van der Waals surface area contributed by atoms with Gasteiger partial charge in [-0.3, -0.25) is 0 Å². The van der Waals surface area contributed by atoms with Gasteiger partial charge >= 0.3 is 12.1 Å². The summed E-state index contributed by atoms with van der Waals surface area (Å²) in [7, 11) is 0.881. The standard InChI is InChI=1S/C31H37F3O6/c1-22(8-7-9-23-14-16-37-20-23)18-26(19-29(2)27(40-29)13-12-24-15-17-38-21-24)39-28(35)30(36-3,31(32,33)34)25-10-5-4-6-11-25/h4-6,10-11,14-17,20-22,26-27H,7-9,12-13,18-19H2,1-3H3/t22-,26+,27?,29?,30+/m0/s1. The zero-order chi connectivity index (χ0) is 28.8. The molecule has 6 nitrogen and oxygen atoms in total. The molecule has 1 saturated heterocycles. The van der Waals surface area contributed by atoms with Crippen molar-refractivity contribution < 1.29 is 41.0 Å². The molecule has 218 valence electrons. The summed E-state index contributed by atoms with van der Waals surface area (Å²) in [6, 6.07) is 10.7. The number of epoxide rings is 1. The quantitative estimate of drug-likeness (QED) is 0.142. The molecule has 3 aromatic rings. The van der Waals surface area contributed by atoms with Gasteiger partial charge in [0.1, 0.15) is 6.10 Å². The number of carbonyl (C=O) groups excluding carboxylic acids is 1. The molecule has 1 aliphatic heterocycles. The number of hydrogen-bond acceptors (Lipinski definition) is 6. The van der Waals surface area contributed by atoms with Crippen LogP contribution < -0.4 is 0 Å². The zero-order valence-electron chi connectivity index (χ0n) is 23.1. The van der Waals surface area contributed by atoms with E-state index < -0.39 is 29.5 Å². The van der Waals surface area contributed by atoms with Crippen molar-refractivity contribution in [1.29, 1.82) is 0 Å². The molecule has 0 bridgehead atoms. The normalized spacial score (nSPS) is 21.9. The van der Waals surface area contributed by atoms with Crippen LogP contribution in [0.15, 0.2) is 76.4 Å². The minimum Gasteiger partial charge on any atom is -0.472 e. The van der Waals surface area contributed by atoms with Gasteiger partial charge in [0.05, 0.1) is 36.8 Å². The highest BCUT2D eigenvalue weighted by atomic mass is 19.4. The monoisotopic (exact) mass is 562 g/mol. The van der Waals surface area contributed by atoms with Crippen LogP contribution >= 0.6 is 0 Å². The Kier molecular flexibility index (Phi) is 9.46. The SMILES string of the molecule is CO[C@@](C(=O)O[C@H](C[C@@H](C)CCCc1ccoc1)CC1(C)OC1CCc1ccoc1)(c1ccccc1)C(F)(F)F. The fraction of sp³-hybridized carbons (Fsp3) is 0.516. The maximum atomic E-state index is 14.5. The molecule has 5 atom stereocenters. The van der Waals surface area contributed by atoms with Gasteiger partial charge in [-0.1, -0.05) is 43.7 Å². The highest BCUT2D eigenvalue weighted by Gasteiger charge is 2.64. The van der Waals surface area contributed by atoms with E-state index in [2.05, 4.69) is 0 Å². The Labute approximate surface area is 232 Å². The number of hydrogen-bond donors (Lipinski definition) is 0. The summed E-state index contributed by atoms with van der Waals surface area (Å²) in [6.07, 6.45) is 5.39. The van der Waals surface area contributed by atoms with Crippen LogP contribution in [0.5, 0.6) is 0 Å². The molecule has 2 aromatic heterocycles. The van der Waals surface area contributed by atoms with E-state index in [0.717, 1.165) is 50.3 Å². The summed E-state index contributed by atoms with van der Waals surface area (Å²) in [5.74, 6) is -1.38. The largest absolute Gasteiger partial charge is 0.472 e. The molecule has 0 radical (unpaired) electrons. The van der Waals surface area contributed by atoms with Crippen LogP contribution in [-0.2, 0) is 37.4 Å². The van der Waals surface area contributed by atoms with Crippen LogP contribution in [0.25, 0.3) is 0 Å². The van der Waals surface area contributed by atoms with Gasteiger partial charge in [0, 0.05) is 19.1 Å². The van der Waals surface area contributed by atoms with Crippen LogP contribution in [0.1, 0.15) is 62.6 Å². The Hall–Kier alpha value is -3.04. The lowest BCUT2D eigenvalue weighted by Gasteiger charge is -2.34. The minimum atomic E-state index is -5.03. The molecule has 9 heteroatoms. The highest BCUT2D eigenvalue weighted by Crippen LogP contribution is 2.46. The number of ether oxygens (including phenoxy) is 3. The van der Waals surface area contributed by atoms with Gasteiger partial charge in [0.25, 0.3) is 5.60 Å². The molecule has 0 N–H and O–H groups in total. The average Bonchev–Trinajstić information content (AvgIpc) is 3.32. The molecule has 0 amide bonds. The maximum absolute atomic E-state index is 14.5. The molecule has 40 heavy (non-hydrogen) atoms. The van der Waals surface area contributed by atoms with Crippen LogP contribution in [0, 0.1) is 5.92 Å². The summed E-state index contributed by atoms with van der Waals surface area (Å²) >= 11 is 0. The van der Waals surface area contributed by atoms with Crippen molar-refractivity contribution in [2.45, 2.75) is 88.4 Å². The lowest BCUT2D eigenvalue weighted by atomic mass is 9.89. The maximum Gasteiger partial charge on any atom is 0.432 e. The molecule has 4 rings (SSSR count). The molecule has 3 heterocycles. The summed E-state index contributed by atoms with van der Waals surface area (Å²) in [4.78, 5) is 13.4. The molecule has 2 unspecified atom stereocenters. The number of alkyl halides is 3. The number of carbonyl (C=O) groups is 1. The van der Waals surface area contributed by atoms with E-state index in [1.54, 1.807) is 31.1 Å². The first-order valence-electron chi connectivity index (χ1n) is 13.7. The van der Waals surface area contributed by atoms with E-state index in [1.807, 2.05) is 26.0 Å². The van der Waals surface area contributed by atoms with Crippen LogP contribution in [0.4, 0.5) is 13.2 Å². The van der Waals surface area contributed by atoms with Crippen LogP contribution in [0.3, 0.4) is 0 Å². The molecular weight excluding hydrogens is 525 g/mol. The Balaban J connectivity index is 1.48. The highest BCUT2D eigenvalue weighted by molar-refractivity contribution is 5.82. The number of benzene rings is 1. The smallest absolute Gasteiger partial charge is 0.432 e. The summed E-state index contributed by atoms with van der Waals surface area (Å²) in [5, 5.41) is 0. The second-order valence-electron chi connectivity index (χ2n) is 10.9. The van der Waals surface area contributed by atoms with Gasteiger partial charge in [-0.2, -0.15) is 13.2 Å². The van der Waals surface area contributed by atoms with E-state index in [-0.39, 0.29) is 24.0 Å². The van der Waals surface area contributed by atoms with Crippen molar-refractivity contribution in [1.82, 2.24) is 0 Å². The fourth-order valence-corrected chi connectivity index (χ4v) is 5.47. The topological polar surface area (TPSA) is 74.3 Å². The van der Waals surface area contributed by atoms with E-state index in [9.17, 15) is 18.0 Å². The molecule has 1 fully saturated rings. The third-order valence-corrected chi connectivity index (χ3v) is 7.80. The minimum absolute atomic E-state index is 0.0935. The number of furan rings is 2. The van der Waals surface area contributed by atoms with Gasteiger partial charge < -0.3 is 23.0 Å². The molecule has 1 aliphatic rings. The number of aryl methyl sites for hydroxylation is 2. The number of esters is 1. The predicted octanol–water partition coefficient (Wildman–Crippen LogP) is 7.42. The van der Waals surface area contributed by atoms with Gasteiger partial charge in [-0.25, -0.2) is 4.79 Å². The van der Waals surface area contributed by atoms with Crippen molar-refractivity contribution in [3.8, 4) is 0 Å². The summed E-state index contributed by atoms with van der Waals surface area (Å²) < 4.78 is 70.5. The molecule has 1 aromatic carbocycles. The first-order chi connectivity index (χ1) is 19.1. The summed E-state index contributed by atoms with van der Waals surface area (Å²) in [5.41, 5.74) is -2.03. The summed E-state index contributed by atoms with van der Waals surface area (Å²) in [6.45, 7) is 3.94. The Morgan fingerprint density at radius 2 is 1.68 bits per heavy atom. The lowest BCUT2D eigenvalue weighted by Crippen LogP contribution is -2.52. The number of halogens is 3. The Morgan fingerprint density at radius 1 is 1.02 bits per heavy atom. The number of methoxy groups -OCH3 is 1. The van der Waals surface area contributed by atoms with Gasteiger partial charge in [0.2, 0.25) is 0 Å². The number of rotatable bonds is 15. The molecular formula is C31H37F3O6. The lowest BCUT2D eigenvalue weighted by molar-refractivity contribution is -0.278. The van der Waals surface area contributed by atoms with Gasteiger partial charge in [0.15, 0.2) is 0 Å². The molecule has 0 spiro atoms. The van der Waals surface area contributed by atoms with E-state index in [1.165, 1.54) is 24.3 Å².